The van der Waals surface area contributed by atoms with Crippen LogP contribution in [0.4, 0.5) is 5.69 Å². The van der Waals surface area contributed by atoms with E-state index in [0.29, 0.717) is 5.56 Å². The van der Waals surface area contributed by atoms with E-state index in [1.165, 1.54) is 5.56 Å². The van der Waals surface area contributed by atoms with Crippen LogP contribution in [0.25, 0.3) is 22.2 Å². The summed E-state index contributed by atoms with van der Waals surface area (Å²) in [5, 5.41) is 11.8. The molecule has 0 unspecified atom stereocenters. The largest absolute Gasteiger partial charge is 0.272 e. The van der Waals surface area contributed by atoms with Crippen LogP contribution in [0.5, 0.6) is 0 Å². The maximum atomic E-state index is 13.2. The zero-order valence-corrected chi connectivity index (χ0v) is 21.6. The second-order valence-corrected chi connectivity index (χ2v) is 9.51. The molecule has 0 aliphatic carbocycles. The van der Waals surface area contributed by atoms with Crippen molar-refractivity contribution in [3.63, 3.8) is 0 Å². The fourth-order valence-corrected chi connectivity index (χ4v) is 4.67. The highest BCUT2D eigenvalue weighted by Gasteiger charge is 2.17. The second-order valence-electron chi connectivity index (χ2n) is 9.51. The first-order valence-electron chi connectivity index (χ1n) is 12.9. The van der Waals surface area contributed by atoms with Gasteiger partial charge >= 0.3 is 0 Å². The number of fused-ring (bicyclic) bond motifs is 1. The summed E-state index contributed by atoms with van der Waals surface area (Å²) in [6.07, 6.45) is 2.56. The van der Waals surface area contributed by atoms with E-state index in [4.69, 9.17) is 10.1 Å². The summed E-state index contributed by atoms with van der Waals surface area (Å²) in [6, 6.07) is 35.9. The molecule has 1 aliphatic rings. The highest BCUT2D eigenvalue weighted by Crippen LogP contribution is 2.25. The minimum atomic E-state index is -0.283. The van der Waals surface area contributed by atoms with Gasteiger partial charge in [0.15, 0.2) is 0 Å². The third-order valence-corrected chi connectivity index (χ3v) is 6.79. The molecule has 6 heteroatoms. The minimum Gasteiger partial charge on any atom is -0.267 e. The first kappa shape index (κ1) is 24.2. The number of hydrazone groups is 2. The van der Waals surface area contributed by atoms with Gasteiger partial charge in [-0.15, -0.1) is 0 Å². The van der Waals surface area contributed by atoms with Gasteiger partial charge in [0, 0.05) is 23.9 Å². The maximum Gasteiger partial charge on any atom is 0.272 e. The number of anilines is 1. The number of benzene rings is 4. The molecule has 1 N–H and O–H groups in total. The molecule has 1 aromatic heterocycles. The van der Waals surface area contributed by atoms with E-state index in [0.717, 1.165) is 57.7 Å². The monoisotopic (exact) mass is 509 g/mol. The SMILES string of the molecule is Cc1ccc(-c2cc(C(=O)N/N=C/c3ccc(N4CCC(c5ccccc5)=N4)cc3)c3ccccc3n2)cc1. The molecule has 0 atom stereocenters. The average molecular weight is 510 g/mol. The second kappa shape index (κ2) is 10.7. The lowest BCUT2D eigenvalue weighted by atomic mass is 10.0. The lowest BCUT2D eigenvalue weighted by molar-refractivity contribution is 0.0956. The number of hydrogen-bond acceptors (Lipinski definition) is 5. The van der Waals surface area contributed by atoms with Gasteiger partial charge in [0.25, 0.3) is 5.91 Å². The van der Waals surface area contributed by atoms with Gasteiger partial charge in [-0.25, -0.2) is 10.4 Å². The van der Waals surface area contributed by atoms with Gasteiger partial charge < -0.3 is 0 Å². The normalized spacial score (nSPS) is 13.2. The van der Waals surface area contributed by atoms with Crippen LogP contribution in [-0.2, 0) is 0 Å². The van der Waals surface area contributed by atoms with Gasteiger partial charge in [-0.2, -0.15) is 10.2 Å². The zero-order valence-electron chi connectivity index (χ0n) is 21.6. The first-order chi connectivity index (χ1) is 19.1. The first-order valence-corrected chi connectivity index (χ1v) is 12.9. The van der Waals surface area contributed by atoms with Crippen LogP contribution in [0, 0.1) is 6.92 Å². The van der Waals surface area contributed by atoms with E-state index in [-0.39, 0.29) is 5.91 Å². The van der Waals surface area contributed by atoms with E-state index in [2.05, 4.69) is 22.7 Å². The Morgan fingerprint density at radius 1 is 0.872 bits per heavy atom. The third kappa shape index (κ3) is 5.31. The molecule has 0 spiro atoms. The number of hydrogen-bond donors (Lipinski definition) is 1. The lowest BCUT2D eigenvalue weighted by Gasteiger charge is -2.13. The molecule has 2 heterocycles. The van der Waals surface area contributed by atoms with E-state index in [9.17, 15) is 4.79 Å². The van der Waals surface area contributed by atoms with E-state index < -0.39 is 0 Å². The van der Waals surface area contributed by atoms with Crippen molar-refractivity contribution in [2.24, 2.45) is 10.2 Å². The lowest BCUT2D eigenvalue weighted by Crippen LogP contribution is -2.18. The molecule has 6 rings (SSSR count). The minimum absolute atomic E-state index is 0.283. The Hall–Kier alpha value is -5.10. The summed E-state index contributed by atoms with van der Waals surface area (Å²) in [4.78, 5) is 18.0. The average Bonchev–Trinajstić information content (AvgIpc) is 3.48. The number of aromatic nitrogens is 1. The molecule has 0 fully saturated rings. The molecule has 0 radical (unpaired) electrons. The van der Waals surface area contributed by atoms with Gasteiger partial charge in [-0.3, -0.25) is 9.80 Å². The van der Waals surface area contributed by atoms with Crippen molar-refractivity contribution in [2.75, 3.05) is 11.6 Å². The smallest absolute Gasteiger partial charge is 0.267 e. The van der Waals surface area contributed by atoms with Crippen LogP contribution < -0.4 is 10.4 Å². The molecule has 0 saturated carbocycles. The summed E-state index contributed by atoms with van der Waals surface area (Å²) in [5.41, 5.74) is 11.0. The van der Waals surface area contributed by atoms with Crippen molar-refractivity contribution in [3.8, 4) is 11.3 Å². The summed E-state index contributed by atoms with van der Waals surface area (Å²) in [6.45, 7) is 2.89. The van der Waals surface area contributed by atoms with Crippen LogP contribution in [0.1, 0.15) is 33.5 Å². The van der Waals surface area contributed by atoms with Gasteiger partial charge in [0.05, 0.1) is 34.4 Å². The van der Waals surface area contributed by atoms with Gasteiger partial charge in [-0.1, -0.05) is 90.5 Å². The van der Waals surface area contributed by atoms with Crippen LogP contribution in [0.15, 0.2) is 119 Å². The highest BCUT2D eigenvalue weighted by molar-refractivity contribution is 6.07. The summed E-state index contributed by atoms with van der Waals surface area (Å²) < 4.78 is 0. The number of aryl methyl sites for hydroxylation is 1. The van der Waals surface area contributed by atoms with Crippen molar-refractivity contribution in [3.05, 3.63) is 131 Å². The summed E-state index contributed by atoms with van der Waals surface area (Å²) >= 11 is 0. The quantitative estimate of drug-likeness (QED) is 0.207. The standard InChI is InChI=1S/C33H27N5O/c1-23-11-15-26(16-12-23)32-21-29(28-9-5-6-10-31(28)35-32)33(39)36-34-22-24-13-17-27(18-14-24)38-20-19-30(37-38)25-7-3-2-4-8-25/h2-18,21-22H,19-20H2,1H3,(H,36,39)/b34-22+. The number of carbonyl (C=O) groups excluding carboxylic acids is 1. The third-order valence-electron chi connectivity index (χ3n) is 6.79. The number of nitrogens with one attached hydrogen (secondary N) is 1. The predicted octanol–water partition coefficient (Wildman–Crippen LogP) is 6.59. The van der Waals surface area contributed by atoms with E-state index in [1.54, 1.807) is 6.21 Å². The molecule has 39 heavy (non-hydrogen) atoms. The Morgan fingerprint density at radius 2 is 1.62 bits per heavy atom. The zero-order chi connectivity index (χ0) is 26.6. The molecule has 190 valence electrons. The van der Waals surface area contributed by atoms with Gasteiger partial charge in [-0.05, 0) is 42.3 Å². The number of nitrogens with zero attached hydrogens (tertiary/aromatic N) is 4. The molecular weight excluding hydrogens is 482 g/mol. The molecule has 5 aromatic rings. The number of rotatable bonds is 6. The van der Waals surface area contributed by atoms with Crippen molar-refractivity contribution < 1.29 is 4.79 Å². The Morgan fingerprint density at radius 3 is 2.41 bits per heavy atom. The fraction of sp³-hybridized carbons (Fsp3) is 0.0909. The Balaban J connectivity index is 1.17. The van der Waals surface area contributed by atoms with Crippen LogP contribution in [-0.4, -0.2) is 29.4 Å². The summed E-state index contributed by atoms with van der Waals surface area (Å²) in [7, 11) is 0. The van der Waals surface area contributed by atoms with E-state index >= 15 is 0 Å². The Labute approximate surface area is 227 Å². The number of para-hydroxylation sites is 1. The van der Waals surface area contributed by atoms with Crippen molar-refractivity contribution >= 4 is 34.4 Å². The van der Waals surface area contributed by atoms with Crippen molar-refractivity contribution in [1.29, 1.82) is 0 Å². The molecule has 1 amide bonds. The van der Waals surface area contributed by atoms with Crippen LogP contribution >= 0.6 is 0 Å². The fourth-order valence-electron chi connectivity index (χ4n) is 4.67. The molecule has 0 bridgehead atoms. The highest BCUT2D eigenvalue weighted by atomic mass is 16.2. The predicted molar refractivity (Wildman–Crippen MR) is 158 cm³/mol. The molecular formula is C33H27N5O. The van der Waals surface area contributed by atoms with Gasteiger partial charge in [0.2, 0.25) is 0 Å². The number of pyridine rings is 1. The van der Waals surface area contributed by atoms with Crippen LogP contribution in [0.3, 0.4) is 0 Å². The topological polar surface area (TPSA) is 70.0 Å². The van der Waals surface area contributed by atoms with E-state index in [1.807, 2.05) is 109 Å². The number of carbonyl (C=O) groups is 1. The van der Waals surface area contributed by atoms with Crippen molar-refractivity contribution in [2.45, 2.75) is 13.3 Å². The number of amides is 1. The molecule has 6 nitrogen and oxygen atoms in total. The molecule has 4 aromatic carbocycles. The Kier molecular flexibility index (Phi) is 6.66. The van der Waals surface area contributed by atoms with Gasteiger partial charge in [0.1, 0.15) is 0 Å². The molecule has 1 aliphatic heterocycles. The Bertz CT molecular complexity index is 1690. The summed E-state index contributed by atoms with van der Waals surface area (Å²) in [5.74, 6) is -0.283. The maximum absolute atomic E-state index is 13.2. The van der Waals surface area contributed by atoms with Crippen LogP contribution in [0.2, 0.25) is 0 Å². The molecule has 0 saturated heterocycles. The van der Waals surface area contributed by atoms with Crippen molar-refractivity contribution in [1.82, 2.24) is 10.4 Å².